The Morgan fingerprint density at radius 1 is 0.800 bits per heavy atom. The van der Waals surface area contributed by atoms with Gasteiger partial charge < -0.3 is 4.74 Å². The SMILES string of the molecule is CCOC=O.c1ccc(CN2CCN(Cc3ccccc3)CC2)cc1. The number of hydrogen-bond donors (Lipinski definition) is 0. The first-order chi connectivity index (χ1) is 12.3. The zero-order valence-electron chi connectivity index (χ0n) is 15.0. The van der Waals surface area contributed by atoms with Gasteiger partial charge in [-0.2, -0.15) is 0 Å². The van der Waals surface area contributed by atoms with Gasteiger partial charge in [-0.1, -0.05) is 60.7 Å². The summed E-state index contributed by atoms with van der Waals surface area (Å²) in [5, 5.41) is 0. The number of ether oxygens (including phenoxy) is 1. The van der Waals surface area contributed by atoms with E-state index in [1.807, 2.05) is 0 Å². The van der Waals surface area contributed by atoms with Crippen molar-refractivity contribution >= 4 is 6.47 Å². The van der Waals surface area contributed by atoms with Crippen LogP contribution in [0, 0.1) is 0 Å². The Balaban J connectivity index is 0.000000399. The quantitative estimate of drug-likeness (QED) is 0.756. The molecule has 0 radical (unpaired) electrons. The van der Waals surface area contributed by atoms with Gasteiger partial charge in [0.2, 0.25) is 0 Å². The third-order valence-electron chi connectivity index (χ3n) is 4.20. The van der Waals surface area contributed by atoms with E-state index in [4.69, 9.17) is 0 Å². The second-order valence-corrected chi connectivity index (χ2v) is 6.08. The average Bonchev–Trinajstić information content (AvgIpc) is 2.66. The second-order valence-electron chi connectivity index (χ2n) is 6.08. The van der Waals surface area contributed by atoms with E-state index in [1.54, 1.807) is 6.92 Å². The first kappa shape index (κ1) is 19.2. The number of nitrogens with zero attached hydrogens (tertiary/aromatic N) is 2. The monoisotopic (exact) mass is 340 g/mol. The van der Waals surface area contributed by atoms with E-state index in [9.17, 15) is 4.79 Å². The molecule has 0 aromatic heterocycles. The predicted molar refractivity (Wildman–Crippen MR) is 101 cm³/mol. The molecule has 0 saturated carbocycles. The molecule has 0 spiro atoms. The van der Waals surface area contributed by atoms with Gasteiger partial charge in [-0.15, -0.1) is 0 Å². The summed E-state index contributed by atoms with van der Waals surface area (Å²) < 4.78 is 4.15. The van der Waals surface area contributed by atoms with Crippen molar-refractivity contribution in [3.05, 3.63) is 71.8 Å². The molecular weight excluding hydrogens is 312 g/mol. The van der Waals surface area contributed by atoms with Crippen molar-refractivity contribution < 1.29 is 9.53 Å². The number of piperazine rings is 1. The summed E-state index contributed by atoms with van der Waals surface area (Å²) in [5.74, 6) is 0. The van der Waals surface area contributed by atoms with E-state index >= 15 is 0 Å². The summed E-state index contributed by atoms with van der Waals surface area (Å²) in [6.45, 7) is 9.50. The molecule has 0 N–H and O–H groups in total. The van der Waals surface area contributed by atoms with Crippen molar-refractivity contribution in [1.29, 1.82) is 0 Å². The highest BCUT2D eigenvalue weighted by atomic mass is 16.5. The summed E-state index contributed by atoms with van der Waals surface area (Å²) in [6, 6.07) is 21.5. The summed E-state index contributed by atoms with van der Waals surface area (Å²) in [5.41, 5.74) is 2.84. The molecule has 0 aliphatic carbocycles. The molecule has 25 heavy (non-hydrogen) atoms. The molecule has 2 aromatic rings. The molecule has 1 saturated heterocycles. The number of rotatable bonds is 6. The van der Waals surface area contributed by atoms with Crippen LogP contribution in [0.1, 0.15) is 18.1 Å². The van der Waals surface area contributed by atoms with E-state index in [2.05, 4.69) is 75.2 Å². The topological polar surface area (TPSA) is 32.8 Å². The number of carbonyl (C=O) groups is 1. The minimum atomic E-state index is 0.431. The zero-order valence-corrected chi connectivity index (χ0v) is 15.0. The molecule has 0 unspecified atom stereocenters. The Morgan fingerprint density at radius 2 is 1.20 bits per heavy atom. The van der Waals surface area contributed by atoms with Gasteiger partial charge in [0.1, 0.15) is 0 Å². The maximum absolute atomic E-state index is 9.18. The van der Waals surface area contributed by atoms with Crippen molar-refractivity contribution in [3.8, 4) is 0 Å². The third kappa shape index (κ3) is 7.50. The van der Waals surface area contributed by atoms with Crippen LogP contribution in [0.5, 0.6) is 0 Å². The minimum Gasteiger partial charge on any atom is -0.468 e. The molecule has 1 heterocycles. The first-order valence-corrected chi connectivity index (χ1v) is 8.89. The predicted octanol–water partition coefficient (Wildman–Crippen LogP) is 3.18. The van der Waals surface area contributed by atoms with Crippen molar-refractivity contribution in [1.82, 2.24) is 9.80 Å². The van der Waals surface area contributed by atoms with E-state index in [-0.39, 0.29) is 0 Å². The fourth-order valence-electron chi connectivity index (χ4n) is 2.86. The smallest absolute Gasteiger partial charge is 0.293 e. The highest BCUT2D eigenvalue weighted by molar-refractivity contribution is 5.36. The highest BCUT2D eigenvalue weighted by Crippen LogP contribution is 2.11. The van der Waals surface area contributed by atoms with Gasteiger partial charge in [-0.3, -0.25) is 14.6 Å². The van der Waals surface area contributed by atoms with Crippen molar-refractivity contribution in [2.45, 2.75) is 20.0 Å². The summed E-state index contributed by atoms with van der Waals surface area (Å²) in [7, 11) is 0. The highest BCUT2D eigenvalue weighted by Gasteiger charge is 2.16. The van der Waals surface area contributed by atoms with Crippen LogP contribution >= 0.6 is 0 Å². The summed E-state index contributed by atoms with van der Waals surface area (Å²) >= 11 is 0. The van der Waals surface area contributed by atoms with Gasteiger partial charge in [0.15, 0.2) is 0 Å². The first-order valence-electron chi connectivity index (χ1n) is 8.89. The van der Waals surface area contributed by atoms with Crippen LogP contribution in [-0.2, 0) is 22.6 Å². The van der Waals surface area contributed by atoms with Gasteiger partial charge in [0, 0.05) is 39.3 Å². The lowest BCUT2D eigenvalue weighted by Crippen LogP contribution is -2.45. The molecular formula is C21H28N2O2. The lowest BCUT2D eigenvalue weighted by molar-refractivity contribution is -0.128. The Bertz CT molecular complexity index is 532. The lowest BCUT2D eigenvalue weighted by Gasteiger charge is -2.34. The van der Waals surface area contributed by atoms with Gasteiger partial charge in [0.25, 0.3) is 6.47 Å². The Hall–Kier alpha value is -2.17. The number of benzene rings is 2. The van der Waals surface area contributed by atoms with Crippen molar-refractivity contribution in [3.63, 3.8) is 0 Å². The average molecular weight is 340 g/mol. The number of carbonyl (C=O) groups excluding carboxylic acids is 1. The standard InChI is InChI=1S/C18H22N2.C3H6O2/c1-3-7-17(8-4-1)15-19-11-13-20(14-12-19)16-18-9-5-2-6-10-18;1-2-5-3-4/h1-10H,11-16H2;3H,2H2,1H3. The van der Waals surface area contributed by atoms with E-state index in [0.29, 0.717) is 13.1 Å². The molecule has 1 fully saturated rings. The largest absolute Gasteiger partial charge is 0.468 e. The second kappa shape index (κ2) is 11.4. The summed E-state index contributed by atoms with van der Waals surface area (Å²) in [4.78, 5) is 14.3. The maximum Gasteiger partial charge on any atom is 0.293 e. The van der Waals surface area contributed by atoms with Crippen LogP contribution in [0.2, 0.25) is 0 Å². The third-order valence-corrected chi connectivity index (χ3v) is 4.20. The maximum atomic E-state index is 9.18. The lowest BCUT2D eigenvalue weighted by atomic mass is 10.1. The van der Waals surface area contributed by atoms with Crippen LogP contribution in [0.4, 0.5) is 0 Å². The van der Waals surface area contributed by atoms with E-state index < -0.39 is 0 Å². The normalized spacial score (nSPS) is 15.1. The van der Waals surface area contributed by atoms with Crippen molar-refractivity contribution in [2.24, 2.45) is 0 Å². The van der Waals surface area contributed by atoms with Crippen LogP contribution in [0.15, 0.2) is 60.7 Å². The molecule has 4 heteroatoms. The zero-order chi connectivity index (χ0) is 17.7. The fourth-order valence-corrected chi connectivity index (χ4v) is 2.86. The fraction of sp³-hybridized carbons (Fsp3) is 0.381. The molecule has 0 atom stereocenters. The van der Waals surface area contributed by atoms with Crippen LogP contribution < -0.4 is 0 Å². The van der Waals surface area contributed by atoms with Crippen LogP contribution in [-0.4, -0.2) is 49.1 Å². The Labute approximate surface area is 151 Å². The van der Waals surface area contributed by atoms with Crippen molar-refractivity contribution in [2.75, 3.05) is 32.8 Å². The van der Waals surface area contributed by atoms with Crippen LogP contribution in [0.3, 0.4) is 0 Å². The summed E-state index contributed by atoms with van der Waals surface area (Å²) in [6.07, 6.45) is 0. The van der Waals surface area contributed by atoms with Gasteiger partial charge >= 0.3 is 0 Å². The molecule has 1 aliphatic heterocycles. The van der Waals surface area contributed by atoms with Crippen LogP contribution in [0.25, 0.3) is 0 Å². The Kier molecular flexibility index (Phi) is 8.73. The van der Waals surface area contributed by atoms with Gasteiger partial charge in [-0.05, 0) is 18.1 Å². The van der Waals surface area contributed by atoms with E-state index in [1.165, 1.54) is 37.3 Å². The minimum absolute atomic E-state index is 0.431. The molecule has 1 aliphatic rings. The van der Waals surface area contributed by atoms with Gasteiger partial charge in [-0.25, -0.2) is 0 Å². The van der Waals surface area contributed by atoms with Gasteiger partial charge in [0.05, 0.1) is 6.61 Å². The molecule has 4 nitrogen and oxygen atoms in total. The number of hydrogen-bond acceptors (Lipinski definition) is 4. The molecule has 134 valence electrons. The molecule has 0 bridgehead atoms. The molecule has 2 aromatic carbocycles. The van der Waals surface area contributed by atoms with E-state index in [0.717, 1.165) is 13.1 Å². The molecule has 0 amide bonds. The Morgan fingerprint density at radius 3 is 1.48 bits per heavy atom. The molecule has 3 rings (SSSR count).